The Kier molecular flexibility index (Phi) is 1.37. The largest absolute Gasteiger partial charge is 0.241 e. The van der Waals surface area contributed by atoms with Crippen molar-refractivity contribution in [3.05, 3.63) is 35.7 Å². The van der Waals surface area contributed by atoms with Crippen molar-refractivity contribution in [1.82, 2.24) is 9.61 Å². The van der Waals surface area contributed by atoms with Crippen LogP contribution in [0.2, 0.25) is 0 Å². The predicted molar refractivity (Wildman–Crippen MR) is 56.5 cm³/mol. The molecule has 1 fully saturated rings. The van der Waals surface area contributed by atoms with E-state index in [2.05, 4.69) is 37.1 Å². The normalized spacial score (nSPS) is 18.7. The number of hydrogen-bond acceptors (Lipinski definition) is 1. The molecule has 1 aliphatic rings. The molecule has 0 amide bonds. The van der Waals surface area contributed by atoms with Crippen LogP contribution >= 0.6 is 0 Å². The first-order valence-electron chi connectivity index (χ1n) is 5.14. The summed E-state index contributed by atoms with van der Waals surface area (Å²) in [7, 11) is 0. The summed E-state index contributed by atoms with van der Waals surface area (Å²) in [6, 6.07) is 6.50. The zero-order valence-electron chi connectivity index (χ0n) is 8.62. The van der Waals surface area contributed by atoms with Crippen molar-refractivity contribution in [2.24, 2.45) is 0 Å². The van der Waals surface area contributed by atoms with Crippen molar-refractivity contribution in [1.29, 1.82) is 0 Å². The molecule has 0 aliphatic heterocycles. The number of fused-ring (bicyclic) bond motifs is 1. The summed E-state index contributed by atoms with van der Waals surface area (Å²) in [5.74, 6) is 0. The van der Waals surface area contributed by atoms with E-state index < -0.39 is 0 Å². The second-order valence-electron chi connectivity index (χ2n) is 4.66. The minimum absolute atomic E-state index is 0.375. The summed E-state index contributed by atoms with van der Waals surface area (Å²) >= 11 is 0. The highest BCUT2D eigenvalue weighted by Crippen LogP contribution is 2.46. The Morgan fingerprint density at radius 3 is 2.86 bits per heavy atom. The first-order chi connectivity index (χ1) is 6.67. The van der Waals surface area contributed by atoms with Gasteiger partial charge >= 0.3 is 0 Å². The van der Waals surface area contributed by atoms with Gasteiger partial charge in [0, 0.05) is 11.6 Å². The van der Waals surface area contributed by atoms with E-state index in [1.54, 1.807) is 0 Å². The molecule has 3 rings (SSSR count). The van der Waals surface area contributed by atoms with E-state index in [0.717, 1.165) is 0 Å². The lowest BCUT2D eigenvalue weighted by Gasteiger charge is -2.00. The second kappa shape index (κ2) is 2.38. The Balaban J connectivity index is 2.20. The summed E-state index contributed by atoms with van der Waals surface area (Å²) in [6.45, 7) is 4.41. The van der Waals surface area contributed by atoms with Gasteiger partial charge in [0.15, 0.2) is 0 Å². The van der Waals surface area contributed by atoms with Gasteiger partial charge in [-0.3, -0.25) is 0 Å². The molecule has 1 saturated carbocycles. The molecule has 2 heteroatoms. The fourth-order valence-electron chi connectivity index (χ4n) is 1.84. The highest BCUT2D eigenvalue weighted by atomic mass is 15.2. The molecule has 2 nitrogen and oxygen atoms in total. The van der Waals surface area contributed by atoms with Gasteiger partial charge in [0.05, 0.1) is 11.2 Å². The van der Waals surface area contributed by atoms with Crippen molar-refractivity contribution in [2.45, 2.75) is 32.1 Å². The van der Waals surface area contributed by atoms with Crippen molar-refractivity contribution >= 4 is 5.52 Å². The molecule has 0 aromatic carbocycles. The average Bonchev–Trinajstić information content (AvgIpc) is 2.77. The molecular weight excluding hydrogens is 172 g/mol. The number of nitrogens with zero attached hydrogens (tertiary/aromatic N) is 2. The second-order valence-corrected chi connectivity index (χ2v) is 4.66. The molecule has 0 saturated heterocycles. The van der Waals surface area contributed by atoms with Crippen LogP contribution in [0.3, 0.4) is 0 Å². The van der Waals surface area contributed by atoms with Gasteiger partial charge in [-0.25, -0.2) is 4.52 Å². The Hall–Kier alpha value is -1.31. The van der Waals surface area contributed by atoms with Gasteiger partial charge in [-0.2, -0.15) is 5.10 Å². The smallest absolute Gasteiger partial charge is 0.0694 e. The lowest BCUT2D eigenvalue weighted by molar-refractivity contribution is 0.728. The van der Waals surface area contributed by atoms with Crippen LogP contribution in [-0.2, 0) is 5.41 Å². The van der Waals surface area contributed by atoms with Crippen LogP contribution in [-0.4, -0.2) is 9.61 Å². The summed E-state index contributed by atoms with van der Waals surface area (Å²) in [5, 5.41) is 4.60. The van der Waals surface area contributed by atoms with Crippen LogP contribution in [0.5, 0.6) is 0 Å². The number of rotatable bonds is 1. The number of pyridine rings is 1. The van der Waals surface area contributed by atoms with Crippen LogP contribution in [0.15, 0.2) is 24.4 Å². The van der Waals surface area contributed by atoms with Gasteiger partial charge in [0.25, 0.3) is 0 Å². The summed E-state index contributed by atoms with van der Waals surface area (Å²) < 4.78 is 1.98. The molecule has 14 heavy (non-hydrogen) atoms. The summed E-state index contributed by atoms with van der Waals surface area (Å²) in [5.41, 5.74) is 4.14. The van der Waals surface area contributed by atoms with Gasteiger partial charge in [-0.05, 0) is 43.5 Å². The van der Waals surface area contributed by atoms with E-state index >= 15 is 0 Å². The molecule has 0 radical (unpaired) electrons. The molecule has 0 atom stereocenters. The molecule has 2 aromatic rings. The molecule has 2 aromatic heterocycles. The van der Waals surface area contributed by atoms with Crippen LogP contribution in [0, 0.1) is 6.92 Å². The van der Waals surface area contributed by atoms with E-state index in [-0.39, 0.29) is 0 Å². The van der Waals surface area contributed by atoms with E-state index in [9.17, 15) is 0 Å². The minimum atomic E-state index is 0.375. The van der Waals surface area contributed by atoms with Gasteiger partial charge in [0.2, 0.25) is 0 Å². The standard InChI is InChI=1S/C12H14N2/c1-9-3-6-14-10(7-9)8-11(13-14)12(2)4-5-12/h3,6-8H,4-5H2,1-2H3. The van der Waals surface area contributed by atoms with Gasteiger partial charge in [-0.15, -0.1) is 0 Å². The minimum Gasteiger partial charge on any atom is -0.241 e. The van der Waals surface area contributed by atoms with E-state index in [1.807, 2.05) is 10.7 Å². The number of aryl methyl sites for hydroxylation is 1. The summed E-state index contributed by atoms with van der Waals surface area (Å²) in [6.07, 6.45) is 4.62. The van der Waals surface area contributed by atoms with Crippen LogP contribution in [0.1, 0.15) is 31.0 Å². The molecule has 0 unspecified atom stereocenters. The van der Waals surface area contributed by atoms with Crippen molar-refractivity contribution < 1.29 is 0 Å². The maximum absolute atomic E-state index is 4.60. The number of aromatic nitrogens is 2. The SMILES string of the molecule is Cc1ccn2nc(C3(C)CC3)cc2c1. The highest BCUT2D eigenvalue weighted by molar-refractivity contribution is 5.51. The fourth-order valence-corrected chi connectivity index (χ4v) is 1.84. The molecule has 1 aliphatic carbocycles. The van der Waals surface area contributed by atoms with E-state index in [1.165, 1.54) is 29.6 Å². The maximum atomic E-state index is 4.60. The third-order valence-electron chi connectivity index (χ3n) is 3.24. The molecular formula is C12H14N2. The average molecular weight is 186 g/mol. The van der Waals surface area contributed by atoms with Gasteiger partial charge < -0.3 is 0 Å². The maximum Gasteiger partial charge on any atom is 0.0694 e. The van der Waals surface area contributed by atoms with Crippen molar-refractivity contribution in [3.8, 4) is 0 Å². The molecule has 0 N–H and O–H groups in total. The van der Waals surface area contributed by atoms with E-state index in [4.69, 9.17) is 0 Å². The lowest BCUT2D eigenvalue weighted by Crippen LogP contribution is -2.00. The van der Waals surface area contributed by atoms with Crippen LogP contribution < -0.4 is 0 Å². The quantitative estimate of drug-likeness (QED) is 0.669. The summed E-state index contributed by atoms with van der Waals surface area (Å²) in [4.78, 5) is 0. The first-order valence-corrected chi connectivity index (χ1v) is 5.14. The van der Waals surface area contributed by atoms with Crippen LogP contribution in [0.25, 0.3) is 5.52 Å². The Morgan fingerprint density at radius 2 is 2.14 bits per heavy atom. The molecule has 0 spiro atoms. The lowest BCUT2D eigenvalue weighted by atomic mass is 10.1. The van der Waals surface area contributed by atoms with Gasteiger partial charge in [-0.1, -0.05) is 6.92 Å². The Bertz CT molecular complexity index is 492. The topological polar surface area (TPSA) is 17.3 Å². The van der Waals surface area contributed by atoms with E-state index in [0.29, 0.717) is 5.41 Å². The molecule has 2 heterocycles. The van der Waals surface area contributed by atoms with Crippen molar-refractivity contribution in [2.75, 3.05) is 0 Å². The Morgan fingerprint density at radius 1 is 1.36 bits per heavy atom. The third kappa shape index (κ3) is 1.07. The first kappa shape index (κ1) is 8.04. The predicted octanol–water partition coefficient (Wildman–Crippen LogP) is 2.69. The zero-order chi connectivity index (χ0) is 9.76. The van der Waals surface area contributed by atoms with Crippen molar-refractivity contribution in [3.63, 3.8) is 0 Å². The zero-order valence-corrected chi connectivity index (χ0v) is 8.62. The number of hydrogen-bond donors (Lipinski definition) is 0. The monoisotopic (exact) mass is 186 g/mol. The highest BCUT2D eigenvalue weighted by Gasteiger charge is 2.41. The van der Waals surface area contributed by atoms with Crippen LogP contribution in [0.4, 0.5) is 0 Å². The third-order valence-corrected chi connectivity index (χ3v) is 3.24. The Labute approximate surface area is 83.6 Å². The van der Waals surface area contributed by atoms with Gasteiger partial charge in [0.1, 0.15) is 0 Å². The molecule has 0 bridgehead atoms. The fraction of sp³-hybridized carbons (Fsp3) is 0.417. The molecule has 72 valence electrons.